The molecule has 0 atom stereocenters. The summed E-state index contributed by atoms with van der Waals surface area (Å²) in [4.78, 5) is 0. The van der Waals surface area contributed by atoms with E-state index in [2.05, 4.69) is 6.92 Å². The number of phenolic OH excluding ortho intramolecular Hbond substituents is 1. The molecule has 1 aromatic rings. The first-order chi connectivity index (χ1) is 7.26. The van der Waals surface area contributed by atoms with Crippen LogP contribution in [0, 0.1) is 0 Å². The second-order valence-electron chi connectivity index (χ2n) is 3.98. The van der Waals surface area contributed by atoms with Crippen molar-refractivity contribution in [2.45, 2.75) is 45.6 Å². The molecule has 15 heavy (non-hydrogen) atoms. The summed E-state index contributed by atoms with van der Waals surface area (Å²) in [6, 6.07) is 5.35. The minimum Gasteiger partial charge on any atom is -0.508 e. The molecule has 1 aromatic carbocycles. The second-order valence-corrected chi connectivity index (χ2v) is 3.98. The molecule has 0 aliphatic heterocycles. The molecule has 0 bridgehead atoms. The predicted octanol–water partition coefficient (Wildman–Crippen LogP) is 3.01. The summed E-state index contributed by atoms with van der Waals surface area (Å²) in [5.41, 5.74) is 1.91. The number of rotatable bonds is 6. The zero-order chi connectivity index (χ0) is 11.1. The topological polar surface area (TPSA) is 40.5 Å². The Morgan fingerprint density at radius 1 is 1.00 bits per heavy atom. The van der Waals surface area contributed by atoms with Crippen LogP contribution in [0.3, 0.4) is 0 Å². The van der Waals surface area contributed by atoms with E-state index in [-0.39, 0.29) is 12.4 Å². The van der Waals surface area contributed by atoms with Crippen LogP contribution >= 0.6 is 0 Å². The van der Waals surface area contributed by atoms with Crippen LogP contribution in [0.15, 0.2) is 18.2 Å². The molecule has 0 aliphatic rings. The Morgan fingerprint density at radius 3 is 2.40 bits per heavy atom. The van der Waals surface area contributed by atoms with Crippen LogP contribution < -0.4 is 0 Å². The molecule has 0 spiro atoms. The molecule has 0 saturated carbocycles. The van der Waals surface area contributed by atoms with Gasteiger partial charge in [-0.2, -0.15) is 0 Å². The van der Waals surface area contributed by atoms with Gasteiger partial charge in [-0.05, 0) is 36.1 Å². The Bertz CT molecular complexity index is 295. The monoisotopic (exact) mass is 208 g/mol. The van der Waals surface area contributed by atoms with Crippen molar-refractivity contribution in [3.8, 4) is 5.75 Å². The maximum absolute atomic E-state index is 9.42. The molecule has 2 nitrogen and oxygen atoms in total. The number of hydrogen-bond donors (Lipinski definition) is 2. The fourth-order valence-electron chi connectivity index (χ4n) is 1.73. The van der Waals surface area contributed by atoms with Crippen LogP contribution in [0.25, 0.3) is 0 Å². The van der Waals surface area contributed by atoms with E-state index in [1.165, 1.54) is 19.3 Å². The lowest BCUT2D eigenvalue weighted by Gasteiger charge is -2.05. The third-order valence-electron chi connectivity index (χ3n) is 2.54. The fourth-order valence-corrected chi connectivity index (χ4v) is 1.73. The zero-order valence-corrected chi connectivity index (χ0v) is 9.37. The number of aromatic hydroxyl groups is 1. The normalized spacial score (nSPS) is 10.5. The van der Waals surface area contributed by atoms with Crippen LogP contribution in [0.5, 0.6) is 5.75 Å². The number of benzene rings is 1. The van der Waals surface area contributed by atoms with Gasteiger partial charge in [-0.3, -0.25) is 0 Å². The average molecular weight is 208 g/mol. The summed E-state index contributed by atoms with van der Waals surface area (Å²) < 4.78 is 0. The Hall–Kier alpha value is -1.02. The van der Waals surface area contributed by atoms with Gasteiger partial charge in [0.15, 0.2) is 0 Å². The van der Waals surface area contributed by atoms with E-state index in [1.54, 1.807) is 12.1 Å². The minimum atomic E-state index is -0.00361. The lowest BCUT2D eigenvalue weighted by Crippen LogP contribution is -1.90. The van der Waals surface area contributed by atoms with Crippen molar-refractivity contribution in [1.29, 1.82) is 0 Å². The van der Waals surface area contributed by atoms with Crippen molar-refractivity contribution in [3.05, 3.63) is 29.3 Å². The van der Waals surface area contributed by atoms with Gasteiger partial charge < -0.3 is 10.2 Å². The van der Waals surface area contributed by atoms with Crippen LogP contribution in [0.4, 0.5) is 0 Å². The largest absolute Gasteiger partial charge is 0.508 e. The molecule has 0 fully saturated rings. The van der Waals surface area contributed by atoms with E-state index < -0.39 is 0 Å². The number of aliphatic hydroxyl groups excluding tert-OH is 1. The van der Waals surface area contributed by atoms with Crippen molar-refractivity contribution < 1.29 is 10.2 Å². The van der Waals surface area contributed by atoms with Gasteiger partial charge in [0.25, 0.3) is 0 Å². The number of phenols is 1. The molecule has 0 heterocycles. The SMILES string of the molecule is CCCCCCc1cc(O)cc(CO)c1. The van der Waals surface area contributed by atoms with Gasteiger partial charge >= 0.3 is 0 Å². The first-order valence-corrected chi connectivity index (χ1v) is 5.69. The first kappa shape index (κ1) is 12.1. The highest BCUT2D eigenvalue weighted by atomic mass is 16.3. The van der Waals surface area contributed by atoms with Crippen molar-refractivity contribution in [3.63, 3.8) is 0 Å². The third-order valence-corrected chi connectivity index (χ3v) is 2.54. The summed E-state index contributed by atoms with van der Waals surface area (Å²) in [5, 5.41) is 18.4. The van der Waals surface area contributed by atoms with Crippen LogP contribution in [0.2, 0.25) is 0 Å². The minimum absolute atomic E-state index is 0.00361. The Labute approximate surface area is 91.6 Å². The van der Waals surface area contributed by atoms with Gasteiger partial charge in [0.05, 0.1) is 6.61 Å². The van der Waals surface area contributed by atoms with Gasteiger partial charge in [0, 0.05) is 0 Å². The standard InChI is InChI=1S/C13H20O2/c1-2-3-4-5-6-11-7-12(10-14)9-13(15)8-11/h7-9,14-15H,2-6,10H2,1H3. The van der Waals surface area contributed by atoms with Crippen LogP contribution in [0.1, 0.15) is 43.7 Å². The molecule has 2 N–H and O–H groups in total. The van der Waals surface area contributed by atoms with E-state index in [0.29, 0.717) is 0 Å². The fraction of sp³-hybridized carbons (Fsp3) is 0.538. The number of aryl methyl sites for hydroxylation is 1. The van der Waals surface area contributed by atoms with Crippen molar-refractivity contribution in [1.82, 2.24) is 0 Å². The molecule has 0 unspecified atom stereocenters. The number of unbranched alkanes of at least 4 members (excludes halogenated alkanes) is 3. The van der Waals surface area contributed by atoms with Crippen molar-refractivity contribution in [2.75, 3.05) is 0 Å². The molecule has 2 heteroatoms. The molecule has 0 aliphatic carbocycles. The Balaban J connectivity index is 2.49. The zero-order valence-electron chi connectivity index (χ0n) is 9.37. The van der Waals surface area contributed by atoms with Gasteiger partial charge in [-0.1, -0.05) is 32.3 Å². The molecule has 1 rings (SSSR count). The molecular formula is C13H20O2. The molecule has 0 aromatic heterocycles. The van der Waals surface area contributed by atoms with E-state index in [0.717, 1.165) is 24.0 Å². The summed E-state index contributed by atoms with van der Waals surface area (Å²) in [7, 11) is 0. The number of hydrogen-bond acceptors (Lipinski definition) is 2. The highest BCUT2D eigenvalue weighted by Crippen LogP contribution is 2.18. The first-order valence-electron chi connectivity index (χ1n) is 5.69. The average Bonchev–Trinajstić information content (AvgIpc) is 2.23. The summed E-state index contributed by atoms with van der Waals surface area (Å²) in [6.07, 6.45) is 5.89. The lowest BCUT2D eigenvalue weighted by molar-refractivity contribution is 0.281. The van der Waals surface area contributed by atoms with Gasteiger partial charge in [0.2, 0.25) is 0 Å². The quantitative estimate of drug-likeness (QED) is 0.705. The predicted molar refractivity (Wildman–Crippen MR) is 61.9 cm³/mol. The van der Waals surface area contributed by atoms with Gasteiger partial charge in [0.1, 0.15) is 5.75 Å². The summed E-state index contributed by atoms with van der Waals surface area (Å²) >= 11 is 0. The lowest BCUT2D eigenvalue weighted by atomic mass is 10.0. The third kappa shape index (κ3) is 4.34. The smallest absolute Gasteiger partial charge is 0.116 e. The Morgan fingerprint density at radius 2 is 1.73 bits per heavy atom. The molecule has 0 amide bonds. The van der Waals surface area contributed by atoms with Gasteiger partial charge in [-0.25, -0.2) is 0 Å². The van der Waals surface area contributed by atoms with Crippen molar-refractivity contribution in [2.24, 2.45) is 0 Å². The molecule has 0 saturated heterocycles. The maximum Gasteiger partial charge on any atom is 0.116 e. The van der Waals surface area contributed by atoms with E-state index >= 15 is 0 Å². The molecule has 0 radical (unpaired) electrons. The van der Waals surface area contributed by atoms with E-state index in [1.807, 2.05) is 6.07 Å². The highest BCUT2D eigenvalue weighted by molar-refractivity contribution is 5.33. The van der Waals surface area contributed by atoms with E-state index in [4.69, 9.17) is 5.11 Å². The second kappa shape index (κ2) is 6.46. The molecular weight excluding hydrogens is 188 g/mol. The van der Waals surface area contributed by atoms with Crippen LogP contribution in [-0.4, -0.2) is 10.2 Å². The van der Waals surface area contributed by atoms with E-state index in [9.17, 15) is 5.11 Å². The van der Waals surface area contributed by atoms with Crippen LogP contribution in [-0.2, 0) is 13.0 Å². The summed E-state index contributed by atoms with van der Waals surface area (Å²) in [6.45, 7) is 2.19. The molecule has 84 valence electrons. The van der Waals surface area contributed by atoms with Gasteiger partial charge in [-0.15, -0.1) is 0 Å². The highest BCUT2D eigenvalue weighted by Gasteiger charge is 1.99. The number of aliphatic hydroxyl groups is 1. The maximum atomic E-state index is 9.42. The summed E-state index contributed by atoms with van der Waals surface area (Å²) in [5.74, 6) is 0.257. The van der Waals surface area contributed by atoms with Crippen molar-refractivity contribution >= 4 is 0 Å². The Kier molecular flexibility index (Phi) is 5.19.